The number of nitrogens with zero attached hydrogens (tertiary/aromatic N) is 2. The van der Waals surface area contributed by atoms with Gasteiger partial charge in [-0.05, 0) is 54.0 Å². The number of rotatable bonds is 7. The summed E-state index contributed by atoms with van der Waals surface area (Å²) in [5.41, 5.74) is 2.32. The number of nitrogens with one attached hydrogen (secondary N) is 1. The molecule has 0 amide bonds. The van der Waals surface area contributed by atoms with Crippen molar-refractivity contribution in [3.63, 3.8) is 0 Å². The predicted molar refractivity (Wildman–Crippen MR) is 88.5 cm³/mol. The Morgan fingerprint density at radius 2 is 2.19 bits per heavy atom. The Hall–Kier alpha value is -1.33. The van der Waals surface area contributed by atoms with Crippen molar-refractivity contribution in [1.29, 1.82) is 0 Å². The SMILES string of the molecule is CCNCc1ccc(OCc2cncn2C(C)C)c(Br)c1. The largest absolute Gasteiger partial charge is 0.486 e. The second-order valence-corrected chi connectivity index (χ2v) is 6.07. The Balaban J connectivity index is 2.01. The Morgan fingerprint density at radius 1 is 1.38 bits per heavy atom. The zero-order valence-electron chi connectivity index (χ0n) is 12.8. The molecule has 2 rings (SSSR count). The van der Waals surface area contributed by atoms with E-state index < -0.39 is 0 Å². The molecular formula is C16H22BrN3O. The van der Waals surface area contributed by atoms with E-state index >= 15 is 0 Å². The number of halogens is 1. The summed E-state index contributed by atoms with van der Waals surface area (Å²) in [4.78, 5) is 4.19. The first-order valence-corrected chi connectivity index (χ1v) is 8.03. The van der Waals surface area contributed by atoms with E-state index in [9.17, 15) is 0 Å². The van der Waals surface area contributed by atoms with Crippen molar-refractivity contribution < 1.29 is 4.74 Å². The number of imidazole rings is 1. The van der Waals surface area contributed by atoms with Gasteiger partial charge in [-0.15, -0.1) is 0 Å². The summed E-state index contributed by atoms with van der Waals surface area (Å²) in [7, 11) is 0. The standard InChI is InChI=1S/C16H22BrN3O/c1-4-18-8-13-5-6-16(15(17)7-13)21-10-14-9-19-11-20(14)12(2)3/h5-7,9,11-12,18H,4,8,10H2,1-3H3. The molecular weight excluding hydrogens is 330 g/mol. The summed E-state index contributed by atoms with van der Waals surface area (Å²) in [6.45, 7) is 8.73. The third kappa shape index (κ3) is 4.32. The van der Waals surface area contributed by atoms with Crippen LogP contribution in [0.4, 0.5) is 0 Å². The van der Waals surface area contributed by atoms with Crippen LogP contribution in [0, 0.1) is 0 Å². The van der Waals surface area contributed by atoms with Gasteiger partial charge >= 0.3 is 0 Å². The van der Waals surface area contributed by atoms with Crippen LogP contribution in [0.25, 0.3) is 0 Å². The van der Waals surface area contributed by atoms with Crippen LogP contribution < -0.4 is 10.1 Å². The van der Waals surface area contributed by atoms with Crippen LogP contribution >= 0.6 is 15.9 Å². The number of ether oxygens (including phenoxy) is 1. The minimum atomic E-state index is 0.386. The van der Waals surface area contributed by atoms with Gasteiger partial charge in [-0.3, -0.25) is 0 Å². The van der Waals surface area contributed by atoms with E-state index in [2.05, 4.69) is 63.7 Å². The van der Waals surface area contributed by atoms with Crippen molar-refractivity contribution in [3.05, 3.63) is 46.5 Å². The van der Waals surface area contributed by atoms with Crippen molar-refractivity contribution in [2.45, 2.75) is 40.0 Å². The van der Waals surface area contributed by atoms with Crippen molar-refractivity contribution >= 4 is 15.9 Å². The van der Waals surface area contributed by atoms with Crippen molar-refractivity contribution in [3.8, 4) is 5.75 Å². The van der Waals surface area contributed by atoms with Crippen molar-refractivity contribution in [2.75, 3.05) is 6.54 Å². The summed E-state index contributed by atoms with van der Waals surface area (Å²) in [6, 6.07) is 6.57. The summed E-state index contributed by atoms with van der Waals surface area (Å²) >= 11 is 3.58. The number of hydrogen-bond donors (Lipinski definition) is 1. The van der Waals surface area contributed by atoms with Crippen LogP contribution in [0.1, 0.15) is 38.1 Å². The molecule has 0 radical (unpaired) electrons. The van der Waals surface area contributed by atoms with Crippen molar-refractivity contribution in [2.24, 2.45) is 0 Å². The van der Waals surface area contributed by atoms with Crippen LogP contribution in [-0.4, -0.2) is 16.1 Å². The molecule has 1 aromatic carbocycles. The molecule has 21 heavy (non-hydrogen) atoms. The molecule has 4 nitrogen and oxygen atoms in total. The Bertz CT molecular complexity index is 581. The van der Waals surface area contributed by atoms with Crippen LogP contribution in [0.15, 0.2) is 35.2 Å². The van der Waals surface area contributed by atoms with Crippen LogP contribution in [-0.2, 0) is 13.2 Å². The zero-order chi connectivity index (χ0) is 15.2. The summed E-state index contributed by atoms with van der Waals surface area (Å²) < 4.78 is 9.00. The Kier molecular flexibility index (Phi) is 5.82. The lowest BCUT2D eigenvalue weighted by Crippen LogP contribution is -2.11. The molecule has 0 spiro atoms. The van der Waals surface area contributed by atoms with E-state index in [1.165, 1.54) is 5.56 Å². The van der Waals surface area contributed by atoms with E-state index in [4.69, 9.17) is 4.74 Å². The van der Waals surface area contributed by atoms with E-state index in [0.717, 1.165) is 29.0 Å². The van der Waals surface area contributed by atoms with Crippen LogP contribution in [0.3, 0.4) is 0 Å². The molecule has 0 unspecified atom stereocenters. The molecule has 2 aromatic rings. The molecule has 0 fully saturated rings. The third-order valence-corrected chi connectivity index (χ3v) is 3.87. The van der Waals surface area contributed by atoms with Gasteiger partial charge in [-0.25, -0.2) is 4.98 Å². The maximum Gasteiger partial charge on any atom is 0.134 e. The maximum absolute atomic E-state index is 5.90. The van der Waals surface area contributed by atoms with Crippen molar-refractivity contribution in [1.82, 2.24) is 14.9 Å². The highest BCUT2D eigenvalue weighted by atomic mass is 79.9. The lowest BCUT2D eigenvalue weighted by atomic mass is 10.2. The second kappa shape index (κ2) is 7.61. The fraction of sp³-hybridized carbons (Fsp3) is 0.438. The average molecular weight is 352 g/mol. The fourth-order valence-electron chi connectivity index (χ4n) is 2.10. The second-order valence-electron chi connectivity index (χ2n) is 5.22. The lowest BCUT2D eigenvalue weighted by molar-refractivity contribution is 0.290. The fourth-order valence-corrected chi connectivity index (χ4v) is 2.64. The number of benzene rings is 1. The van der Waals surface area contributed by atoms with Gasteiger partial charge in [-0.1, -0.05) is 13.0 Å². The van der Waals surface area contributed by atoms with Gasteiger partial charge in [0.05, 0.1) is 22.7 Å². The molecule has 0 saturated heterocycles. The highest BCUT2D eigenvalue weighted by molar-refractivity contribution is 9.10. The number of hydrogen-bond acceptors (Lipinski definition) is 3. The highest BCUT2D eigenvalue weighted by Crippen LogP contribution is 2.27. The first kappa shape index (κ1) is 16.0. The molecule has 114 valence electrons. The molecule has 1 N–H and O–H groups in total. The quantitative estimate of drug-likeness (QED) is 0.821. The smallest absolute Gasteiger partial charge is 0.134 e. The minimum Gasteiger partial charge on any atom is -0.486 e. The molecule has 0 bridgehead atoms. The molecule has 0 aliphatic carbocycles. The normalized spacial score (nSPS) is 11.1. The molecule has 5 heteroatoms. The minimum absolute atomic E-state index is 0.386. The first-order valence-electron chi connectivity index (χ1n) is 7.24. The van der Waals surface area contributed by atoms with Gasteiger partial charge in [0.1, 0.15) is 12.4 Å². The number of aromatic nitrogens is 2. The average Bonchev–Trinajstić information content (AvgIpc) is 2.92. The van der Waals surface area contributed by atoms with Crippen LogP contribution in [0.5, 0.6) is 5.75 Å². The first-order chi connectivity index (χ1) is 10.1. The van der Waals surface area contributed by atoms with E-state index in [-0.39, 0.29) is 0 Å². The zero-order valence-corrected chi connectivity index (χ0v) is 14.4. The molecule has 0 atom stereocenters. The summed E-state index contributed by atoms with van der Waals surface area (Å²) in [6.07, 6.45) is 3.70. The lowest BCUT2D eigenvalue weighted by Gasteiger charge is -2.14. The predicted octanol–water partition coefficient (Wildman–Crippen LogP) is 3.92. The van der Waals surface area contributed by atoms with Gasteiger partial charge < -0.3 is 14.6 Å². The maximum atomic E-state index is 5.90. The van der Waals surface area contributed by atoms with Gasteiger partial charge in [0.15, 0.2) is 0 Å². The van der Waals surface area contributed by atoms with Gasteiger partial charge in [0, 0.05) is 12.6 Å². The van der Waals surface area contributed by atoms with Gasteiger partial charge in [0.2, 0.25) is 0 Å². The monoisotopic (exact) mass is 351 g/mol. The Labute approximate surface area is 134 Å². The van der Waals surface area contributed by atoms with E-state index in [1.807, 2.05) is 18.6 Å². The van der Waals surface area contributed by atoms with Crippen LogP contribution in [0.2, 0.25) is 0 Å². The van der Waals surface area contributed by atoms with E-state index in [1.54, 1.807) is 0 Å². The summed E-state index contributed by atoms with van der Waals surface area (Å²) in [5.74, 6) is 0.853. The third-order valence-electron chi connectivity index (χ3n) is 3.25. The molecule has 1 aromatic heterocycles. The molecule has 0 aliphatic heterocycles. The van der Waals surface area contributed by atoms with Gasteiger partial charge in [-0.2, -0.15) is 0 Å². The molecule has 1 heterocycles. The van der Waals surface area contributed by atoms with E-state index in [0.29, 0.717) is 12.6 Å². The Morgan fingerprint density at radius 3 is 2.86 bits per heavy atom. The summed E-state index contributed by atoms with van der Waals surface area (Å²) in [5, 5.41) is 3.31. The van der Waals surface area contributed by atoms with Gasteiger partial charge in [0.25, 0.3) is 0 Å². The highest BCUT2D eigenvalue weighted by Gasteiger charge is 2.08. The molecule has 0 saturated carbocycles. The molecule has 0 aliphatic rings. The topological polar surface area (TPSA) is 39.1 Å².